The Balaban J connectivity index is 1.42. The molecule has 1 amide bonds. The number of nitrogens with one attached hydrogen (secondary N) is 1. The number of carbonyl (C=O) groups is 1. The highest BCUT2D eigenvalue weighted by molar-refractivity contribution is 7.91. The molecule has 0 atom stereocenters. The van der Waals surface area contributed by atoms with Crippen LogP contribution in [0, 0.1) is 0 Å². The predicted molar refractivity (Wildman–Crippen MR) is 116 cm³/mol. The number of thiophene rings is 1. The molecule has 3 heterocycles. The van der Waals surface area contributed by atoms with E-state index in [1.807, 2.05) is 18.2 Å². The van der Waals surface area contributed by atoms with E-state index in [2.05, 4.69) is 10.3 Å². The molecule has 1 N–H and O–H groups in total. The van der Waals surface area contributed by atoms with Crippen molar-refractivity contribution in [2.24, 2.45) is 0 Å². The summed E-state index contributed by atoms with van der Waals surface area (Å²) in [6.07, 6.45) is 0. The zero-order chi connectivity index (χ0) is 21.3. The quantitative estimate of drug-likeness (QED) is 0.573. The number of hydrogen-bond donors (Lipinski definition) is 1. The molecule has 1 aliphatic heterocycles. The fourth-order valence-corrected chi connectivity index (χ4v) is 6.26. The van der Waals surface area contributed by atoms with Gasteiger partial charge in [-0.2, -0.15) is 4.31 Å². The minimum Gasteiger partial charge on any atom is -0.486 e. The van der Waals surface area contributed by atoms with Crippen LogP contribution in [0.15, 0.2) is 39.9 Å². The van der Waals surface area contributed by atoms with Crippen LogP contribution in [0.3, 0.4) is 0 Å². The number of halogens is 1. The molecule has 1 aliphatic rings. The van der Waals surface area contributed by atoms with Gasteiger partial charge in [0.15, 0.2) is 16.6 Å². The molecule has 0 bridgehead atoms. The monoisotopic (exact) mass is 485 g/mol. The molecule has 4 rings (SSSR count). The van der Waals surface area contributed by atoms with Gasteiger partial charge in [0.25, 0.3) is 10.0 Å². The lowest BCUT2D eigenvalue weighted by atomic mass is 10.1. The van der Waals surface area contributed by atoms with Crippen LogP contribution in [0.4, 0.5) is 5.13 Å². The Kier molecular flexibility index (Phi) is 5.98. The average Bonchev–Trinajstić information content (AvgIpc) is 3.37. The molecule has 12 heteroatoms. The molecule has 3 aromatic rings. The number of nitrogens with zero attached hydrogens (tertiary/aromatic N) is 2. The zero-order valence-electron chi connectivity index (χ0n) is 15.6. The van der Waals surface area contributed by atoms with Gasteiger partial charge < -0.3 is 14.8 Å². The van der Waals surface area contributed by atoms with Crippen molar-refractivity contribution in [3.63, 3.8) is 0 Å². The molecule has 8 nitrogen and oxygen atoms in total. The minimum atomic E-state index is -3.79. The third kappa shape index (κ3) is 4.44. The van der Waals surface area contributed by atoms with Gasteiger partial charge in [-0.1, -0.05) is 11.6 Å². The molecule has 0 saturated carbocycles. The van der Waals surface area contributed by atoms with Crippen LogP contribution in [-0.4, -0.2) is 50.4 Å². The maximum absolute atomic E-state index is 12.5. The van der Waals surface area contributed by atoms with Gasteiger partial charge in [-0.15, -0.1) is 22.7 Å². The highest BCUT2D eigenvalue weighted by atomic mass is 35.5. The lowest BCUT2D eigenvalue weighted by Gasteiger charge is -2.18. The van der Waals surface area contributed by atoms with Gasteiger partial charge >= 0.3 is 0 Å². The standard InChI is InChI=1S/C18H16ClN3O5S3/c1-22(30(24,25)17-5-4-15(19)29-17)9-16(23)21-18-20-12(10-28-18)11-2-3-13-14(8-11)27-7-6-26-13/h2-5,8,10H,6-7,9H2,1H3,(H,20,21,23). The summed E-state index contributed by atoms with van der Waals surface area (Å²) in [6.45, 7) is 0.655. The maximum atomic E-state index is 12.5. The van der Waals surface area contributed by atoms with Crippen molar-refractivity contribution >= 4 is 55.3 Å². The van der Waals surface area contributed by atoms with Gasteiger partial charge in [0.2, 0.25) is 5.91 Å². The Bertz CT molecular complexity index is 1190. The SMILES string of the molecule is CN(CC(=O)Nc1nc(-c2ccc3c(c2)OCCO3)cs1)S(=O)(=O)c1ccc(Cl)s1. The molecule has 0 fully saturated rings. The third-order valence-corrected chi connectivity index (χ3v) is 8.43. The average molecular weight is 486 g/mol. The first kappa shape index (κ1) is 21.1. The van der Waals surface area contributed by atoms with E-state index in [0.717, 1.165) is 21.2 Å². The first-order valence-electron chi connectivity index (χ1n) is 8.70. The highest BCUT2D eigenvalue weighted by Gasteiger charge is 2.25. The second-order valence-corrected chi connectivity index (χ2v) is 11.1. The molecule has 0 spiro atoms. The Morgan fingerprint density at radius 1 is 1.23 bits per heavy atom. The first-order valence-corrected chi connectivity index (χ1v) is 12.2. The molecule has 1 aromatic carbocycles. The summed E-state index contributed by atoms with van der Waals surface area (Å²) < 4.78 is 37.5. The van der Waals surface area contributed by atoms with E-state index < -0.39 is 15.9 Å². The summed E-state index contributed by atoms with van der Waals surface area (Å²) in [5, 5.41) is 4.81. The maximum Gasteiger partial charge on any atom is 0.252 e. The van der Waals surface area contributed by atoms with Gasteiger partial charge in [0.1, 0.15) is 17.4 Å². The molecule has 158 valence electrons. The van der Waals surface area contributed by atoms with Crippen LogP contribution < -0.4 is 14.8 Å². The van der Waals surface area contributed by atoms with Gasteiger partial charge in [0.05, 0.1) is 16.6 Å². The summed E-state index contributed by atoms with van der Waals surface area (Å²) in [6, 6.07) is 8.43. The third-order valence-electron chi connectivity index (χ3n) is 4.17. The molecular weight excluding hydrogens is 470 g/mol. The Morgan fingerprint density at radius 2 is 2.00 bits per heavy atom. The van der Waals surface area contributed by atoms with Crippen molar-refractivity contribution in [1.29, 1.82) is 0 Å². The van der Waals surface area contributed by atoms with E-state index in [0.29, 0.717) is 39.9 Å². The van der Waals surface area contributed by atoms with Gasteiger partial charge in [0, 0.05) is 18.0 Å². The number of amides is 1. The number of sulfonamides is 1. The summed E-state index contributed by atoms with van der Waals surface area (Å²) in [5.74, 6) is 0.842. The Hall–Kier alpha value is -2.18. The first-order chi connectivity index (χ1) is 14.3. The molecule has 0 unspecified atom stereocenters. The van der Waals surface area contributed by atoms with Crippen LogP contribution in [0.1, 0.15) is 0 Å². The molecule has 0 saturated heterocycles. The second-order valence-electron chi connectivity index (χ2n) is 6.26. The molecule has 0 radical (unpaired) electrons. The fourth-order valence-electron chi connectivity index (χ4n) is 2.70. The molecular formula is C18H16ClN3O5S3. The number of thiazole rings is 1. The van der Waals surface area contributed by atoms with Gasteiger partial charge in [-0.3, -0.25) is 4.79 Å². The second kappa shape index (κ2) is 8.52. The lowest BCUT2D eigenvalue weighted by molar-refractivity contribution is -0.116. The van der Waals surface area contributed by atoms with Crippen molar-refractivity contribution in [2.75, 3.05) is 32.1 Å². The van der Waals surface area contributed by atoms with Crippen molar-refractivity contribution in [1.82, 2.24) is 9.29 Å². The van der Waals surface area contributed by atoms with Crippen LogP contribution in [0.2, 0.25) is 4.34 Å². The van der Waals surface area contributed by atoms with E-state index in [1.165, 1.54) is 30.5 Å². The number of ether oxygens (including phenoxy) is 2. The molecule has 0 aliphatic carbocycles. The summed E-state index contributed by atoms with van der Waals surface area (Å²) in [7, 11) is -2.45. The van der Waals surface area contributed by atoms with Crippen LogP contribution in [0.5, 0.6) is 11.5 Å². The molecule has 2 aromatic heterocycles. The highest BCUT2D eigenvalue weighted by Crippen LogP contribution is 2.35. The number of likely N-dealkylation sites (N-methyl/N-ethyl adjacent to an activating group) is 1. The van der Waals surface area contributed by atoms with Crippen LogP contribution in [-0.2, 0) is 14.8 Å². The smallest absolute Gasteiger partial charge is 0.252 e. The number of aromatic nitrogens is 1. The number of fused-ring (bicyclic) bond motifs is 1. The fraction of sp³-hybridized carbons (Fsp3) is 0.222. The van der Waals surface area contributed by atoms with Crippen LogP contribution in [0.25, 0.3) is 11.3 Å². The van der Waals surface area contributed by atoms with E-state index in [9.17, 15) is 13.2 Å². The van der Waals surface area contributed by atoms with Crippen molar-refractivity contribution in [2.45, 2.75) is 4.21 Å². The van der Waals surface area contributed by atoms with Gasteiger partial charge in [-0.05, 0) is 30.3 Å². The van der Waals surface area contributed by atoms with Crippen molar-refractivity contribution < 1.29 is 22.7 Å². The van der Waals surface area contributed by atoms with E-state index in [-0.39, 0.29) is 10.8 Å². The van der Waals surface area contributed by atoms with Crippen LogP contribution >= 0.6 is 34.3 Å². The van der Waals surface area contributed by atoms with E-state index in [4.69, 9.17) is 21.1 Å². The lowest BCUT2D eigenvalue weighted by Crippen LogP contribution is -2.34. The Morgan fingerprint density at radius 3 is 2.73 bits per heavy atom. The minimum absolute atomic E-state index is 0.0814. The number of hydrogen-bond acceptors (Lipinski definition) is 8. The zero-order valence-corrected chi connectivity index (χ0v) is 18.8. The number of carbonyl (C=O) groups excluding carboxylic acids is 1. The summed E-state index contributed by atoms with van der Waals surface area (Å²) in [5.41, 5.74) is 1.49. The van der Waals surface area contributed by atoms with Crippen molar-refractivity contribution in [3.8, 4) is 22.8 Å². The topological polar surface area (TPSA) is 97.8 Å². The number of anilines is 1. The normalized spacial score (nSPS) is 13.4. The van der Waals surface area contributed by atoms with E-state index >= 15 is 0 Å². The molecule has 30 heavy (non-hydrogen) atoms. The summed E-state index contributed by atoms with van der Waals surface area (Å²) >= 11 is 8.00. The van der Waals surface area contributed by atoms with E-state index in [1.54, 1.807) is 5.38 Å². The number of rotatable bonds is 6. The largest absolute Gasteiger partial charge is 0.486 e. The predicted octanol–water partition coefficient (Wildman–Crippen LogP) is 3.56. The summed E-state index contributed by atoms with van der Waals surface area (Å²) in [4.78, 5) is 16.7. The van der Waals surface area contributed by atoms with Gasteiger partial charge in [-0.25, -0.2) is 13.4 Å². The van der Waals surface area contributed by atoms with Crippen molar-refractivity contribution in [3.05, 3.63) is 40.0 Å². The Labute approximate surface area is 186 Å². The number of benzene rings is 1.